The summed E-state index contributed by atoms with van der Waals surface area (Å²) in [6.07, 6.45) is 5.57. The molecule has 4 saturated carbocycles. The fourth-order valence-electron chi connectivity index (χ4n) is 10.7. The van der Waals surface area contributed by atoms with E-state index < -0.39 is 36.0 Å². The highest BCUT2D eigenvalue weighted by Crippen LogP contribution is 2.74. The van der Waals surface area contributed by atoms with Gasteiger partial charge in [0.2, 0.25) is 0 Å². The molecule has 0 amide bonds. The van der Waals surface area contributed by atoms with E-state index in [9.17, 15) is 24.9 Å². The molecule has 1 aromatic carbocycles. The average Bonchev–Trinajstić information content (AvgIpc) is 3.18. The van der Waals surface area contributed by atoms with Crippen LogP contribution in [-0.2, 0) is 9.53 Å². The summed E-state index contributed by atoms with van der Waals surface area (Å²) in [5, 5.41) is 33.3. The Balaban J connectivity index is 1.57. The van der Waals surface area contributed by atoms with Crippen molar-refractivity contribution in [3.8, 4) is 0 Å². The molecule has 0 spiro atoms. The first kappa shape index (κ1) is 30.3. The molecule has 226 valence electrons. The molecule has 3 N–H and O–H groups in total. The van der Waals surface area contributed by atoms with Crippen LogP contribution in [0.15, 0.2) is 42.0 Å². The summed E-state index contributed by atoms with van der Waals surface area (Å²) < 4.78 is 6.29. The Hall–Kier alpha value is -2.18. The van der Waals surface area contributed by atoms with E-state index in [0.717, 1.165) is 31.3 Å². The lowest BCUT2D eigenvalue weighted by Gasteiger charge is -2.69. The molecule has 0 heterocycles. The Morgan fingerprint density at radius 3 is 2.32 bits per heavy atom. The molecule has 5 rings (SSSR count). The number of carboxylic acid groups (broad SMARTS) is 1. The minimum Gasteiger partial charge on any atom is -0.481 e. The molecule has 1 aromatic rings. The first-order valence-corrected chi connectivity index (χ1v) is 15.7. The standard InChI is InChI=1S/C35H50O6/c1-20(2)12-13-23(31(38)39)29-25-18-27(37)30-33(4)16-15-26(36)21(3)24(33)14-17-34(30,5)35(25,6)19-28(29)41-32(40)22-10-8-7-9-11-22/h7-12,21,23-30,36-37H,13-19H2,1-6H3,(H,38,39)/t21-,23+,24?,25?,26+,27?,28-,29+,30?,33-,34-,35-/m0/s1. The fraction of sp³-hybridized carbons (Fsp3) is 0.714. The number of aliphatic hydroxyl groups is 2. The molecule has 12 atom stereocenters. The van der Waals surface area contributed by atoms with Gasteiger partial charge in [-0.2, -0.15) is 0 Å². The molecule has 4 unspecified atom stereocenters. The van der Waals surface area contributed by atoms with Gasteiger partial charge in [-0.25, -0.2) is 4.79 Å². The smallest absolute Gasteiger partial charge is 0.338 e. The molecule has 6 heteroatoms. The van der Waals surface area contributed by atoms with Crippen LogP contribution < -0.4 is 0 Å². The quantitative estimate of drug-likeness (QED) is 0.268. The number of aliphatic carboxylic acids is 1. The van der Waals surface area contributed by atoms with Crippen LogP contribution in [-0.4, -0.2) is 45.6 Å². The Labute approximate surface area is 245 Å². The van der Waals surface area contributed by atoms with Gasteiger partial charge in [-0.15, -0.1) is 0 Å². The predicted octanol–water partition coefficient (Wildman–Crippen LogP) is 6.51. The third kappa shape index (κ3) is 4.77. The molecule has 6 nitrogen and oxygen atoms in total. The monoisotopic (exact) mass is 566 g/mol. The SMILES string of the molecule is CC(C)=CC[C@@H](C(=O)O)[C@@H]1C2CC(O)C3[C@@]4(C)CC[C@@H](O)[C@@H](C)C4CC[C@]3(C)[C@@]2(C)C[C@@H]1OC(=O)c1ccccc1. The Morgan fingerprint density at radius 1 is 1.00 bits per heavy atom. The minimum absolute atomic E-state index is 0.0373. The number of aliphatic hydroxyl groups excluding tert-OH is 2. The molecule has 4 aliphatic rings. The van der Waals surface area contributed by atoms with Crippen molar-refractivity contribution in [3.63, 3.8) is 0 Å². The molecular weight excluding hydrogens is 516 g/mol. The topological polar surface area (TPSA) is 104 Å². The van der Waals surface area contributed by atoms with Gasteiger partial charge < -0.3 is 20.1 Å². The van der Waals surface area contributed by atoms with Crippen LogP contribution in [0.5, 0.6) is 0 Å². The van der Waals surface area contributed by atoms with Crippen LogP contribution in [0.3, 0.4) is 0 Å². The zero-order valence-electron chi connectivity index (χ0n) is 25.7. The van der Waals surface area contributed by atoms with Gasteiger partial charge in [0.05, 0.1) is 23.7 Å². The fourth-order valence-corrected chi connectivity index (χ4v) is 10.7. The Bertz CT molecular complexity index is 1170. The zero-order chi connectivity index (χ0) is 29.9. The van der Waals surface area contributed by atoms with Crippen LogP contribution in [0, 0.1) is 51.8 Å². The van der Waals surface area contributed by atoms with Crippen molar-refractivity contribution in [2.45, 2.75) is 105 Å². The summed E-state index contributed by atoms with van der Waals surface area (Å²) in [7, 11) is 0. The first-order valence-electron chi connectivity index (χ1n) is 15.7. The predicted molar refractivity (Wildman–Crippen MR) is 158 cm³/mol. The van der Waals surface area contributed by atoms with Gasteiger partial charge in [-0.1, -0.05) is 57.5 Å². The van der Waals surface area contributed by atoms with Crippen molar-refractivity contribution in [1.29, 1.82) is 0 Å². The maximum Gasteiger partial charge on any atom is 0.338 e. The summed E-state index contributed by atoms with van der Waals surface area (Å²) in [6, 6.07) is 8.94. The second-order valence-corrected chi connectivity index (χ2v) is 14.9. The zero-order valence-corrected chi connectivity index (χ0v) is 25.7. The lowest BCUT2D eigenvalue weighted by atomic mass is 9.36. The van der Waals surface area contributed by atoms with Crippen LogP contribution in [0.25, 0.3) is 0 Å². The van der Waals surface area contributed by atoms with Gasteiger partial charge in [-0.3, -0.25) is 4.79 Å². The molecule has 0 aliphatic heterocycles. The summed E-state index contributed by atoms with van der Waals surface area (Å²) in [6.45, 7) is 13.1. The van der Waals surface area contributed by atoms with Gasteiger partial charge in [0, 0.05) is 5.92 Å². The first-order chi connectivity index (χ1) is 19.2. The highest BCUT2D eigenvalue weighted by molar-refractivity contribution is 5.89. The van der Waals surface area contributed by atoms with Crippen LogP contribution in [0.4, 0.5) is 0 Å². The highest BCUT2D eigenvalue weighted by Gasteiger charge is 2.72. The van der Waals surface area contributed by atoms with E-state index in [1.54, 1.807) is 12.1 Å². The van der Waals surface area contributed by atoms with Crippen molar-refractivity contribution < 1.29 is 29.6 Å². The summed E-state index contributed by atoms with van der Waals surface area (Å²) in [5.41, 5.74) is 0.852. The van der Waals surface area contributed by atoms with E-state index in [2.05, 4.69) is 27.7 Å². The number of carbonyl (C=O) groups excluding carboxylic acids is 1. The van der Waals surface area contributed by atoms with E-state index in [1.807, 2.05) is 38.1 Å². The summed E-state index contributed by atoms with van der Waals surface area (Å²) >= 11 is 0. The molecule has 0 aromatic heterocycles. The van der Waals surface area contributed by atoms with Crippen LogP contribution in [0.1, 0.15) is 96.8 Å². The largest absolute Gasteiger partial charge is 0.481 e. The van der Waals surface area contributed by atoms with Crippen molar-refractivity contribution in [3.05, 3.63) is 47.5 Å². The van der Waals surface area contributed by atoms with Gasteiger partial charge in [-0.05, 0) is 111 Å². The molecule has 4 aliphatic carbocycles. The number of benzene rings is 1. The van der Waals surface area contributed by atoms with Gasteiger partial charge in [0.25, 0.3) is 0 Å². The highest BCUT2D eigenvalue weighted by atomic mass is 16.5. The van der Waals surface area contributed by atoms with E-state index in [4.69, 9.17) is 4.74 Å². The maximum atomic E-state index is 13.4. The van der Waals surface area contributed by atoms with E-state index in [0.29, 0.717) is 30.7 Å². The molecule has 0 radical (unpaired) electrons. The van der Waals surface area contributed by atoms with Gasteiger partial charge in [0.15, 0.2) is 0 Å². The number of hydrogen-bond acceptors (Lipinski definition) is 5. The molecule has 4 fully saturated rings. The van der Waals surface area contributed by atoms with Gasteiger partial charge in [0.1, 0.15) is 6.10 Å². The van der Waals surface area contributed by atoms with Crippen molar-refractivity contribution >= 4 is 11.9 Å². The second kappa shape index (κ2) is 10.8. The number of carbonyl (C=O) groups is 2. The Kier molecular flexibility index (Phi) is 8.00. The van der Waals surface area contributed by atoms with Gasteiger partial charge >= 0.3 is 11.9 Å². The number of rotatable bonds is 6. The lowest BCUT2D eigenvalue weighted by molar-refractivity contribution is -0.240. The van der Waals surface area contributed by atoms with E-state index >= 15 is 0 Å². The Morgan fingerprint density at radius 2 is 1.68 bits per heavy atom. The average molecular weight is 567 g/mol. The maximum absolute atomic E-state index is 13.4. The second-order valence-electron chi connectivity index (χ2n) is 14.9. The van der Waals surface area contributed by atoms with Crippen molar-refractivity contribution in [2.24, 2.45) is 51.8 Å². The van der Waals surface area contributed by atoms with Crippen molar-refractivity contribution in [2.75, 3.05) is 0 Å². The summed E-state index contributed by atoms with van der Waals surface area (Å²) in [5.74, 6) is -1.92. The number of esters is 1. The van der Waals surface area contributed by atoms with Crippen LogP contribution >= 0.6 is 0 Å². The number of fused-ring (bicyclic) bond motifs is 5. The third-order valence-electron chi connectivity index (χ3n) is 12.8. The number of ether oxygens (including phenoxy) is 1. The molecule has 0 saturated heterocycles. The van der Waals surface area contributed by atoms with E-state index in [1.165, 1.54) is 0 Å². The molecule has 41 heavy (non-hydrogen) atoms. The third-order valence-corrected chi connectivity index (χ3v) is 12.8. The number of hydrogen-bond donors (Lipinski definition) is 3. The number of allylic oxidation sites excluding steroid dienone is 2. The lowest BCUT2D eigenvalue weighted by Crippen LogP contribution is -2.66. The van der Waals surface area contributed by atoms with Crippen LogP contribution in [0.2, 0.25) is 0 Å². The molecular formula is C35H50O6. The minimum atomic E-state index is -0.870. The number of carboxylic acids is 1. The summed E-state index contributed by atoms with van der Waals surface area (Å²) in [4.78, 5) is 26.3. The van der Waals surface area contributed by atoms with Crippen molar-refractivity contribution in [1.82, 2.24) is 0 Å². The normalized spacial score (nSPS) is 44.1. The van der Waals surface area contributed by atoms with E-state index in [-0.39, 0.29) is 40.1 Å². The molecule has 0 bridgehead atoms.